The molecule has 4 rings (SSSR count). The molecule has 0 aliphatic heterocycles. The van der Waals surface area contributed by atoms with Crippen molar-refractivity contribution in [3.63, 3.8) is 0 Å². The summed E-state index contributed by atoms with van der Waals surface area (Å²) in [6.07, 6.45) is 1.59. The van der Waals surface area contributed by atoms with E-state index in [0.29, 0.717) is 23.4 Å². The molecule has 0 bridgehead atoms. The van der Waals surface area contributed by atoms with E-state index in [1.807, 2.05) is 61.5 Å². The number of anilines is 1. The average Bonchev–Trinajstić information content (AvgIpc) is 3.17. The van der Waals surface area contributed by atoms with E-state index in [0.717, 1.165) is 22.2 Å². The topological polar surface area (TPSA) is 74.9 Å². The van der Waals surface area contributed by atoms with Crippen LogP contribution >= 0.6 is 0 Å². The van der Waals surface area contributed by atoms with Gasteiger partial charge >= 0.3 is 0 Å². The summed E-state index contributed by atoms with van der Waals surface area (Å²) in [5.41, 5.74) is 4.64. The van der Waals surface area contributed by atoms with Crippen molar-refractivity contribution in [1.29, 1.82) is 5.26 Å². The van der Waals surface area contributed by atoms with Crippen molar-refractivity contribution >= 4 is 34.4 Å². The molecule has 5 heteroatoms. The number of aromatic nitrogens is 1. The lowest BCUT2D eigenvalue weighted by Gasteiger charge is -2.10. The van der Waals surface area contributed by atoms with Gasteiger partial charge in [-0.05, 0) is 42.3 Å². The molecule has 0 spiro atoms. The minimum atomic E-state index is -0.314. The molecular formula is C28H23N3O2. The van der Waals surface area contributed by atoms with E-state index in [-0.39, 0.29) is 17.3 Å². The van der Waals surface area contributed by atoms with Crippen LogP contribution in [0, 0.1) is 11.3 Å². The summed E-state index contributed by atoms with van der Waals surface area (Å²) in [4.78, 5) is 25.0. The smallest absolute Gasteiger partial charge is 0.221 e. The molecule has 162 valence electrons. The quantitative estimate of drug-likeness (QED) is 0.228. The highest BCUT2D eigenvalue weighted by molar-refractivity contribution is 6.23. The molecule has 1 heterocycles. The number of hydrogen-bond acceptors (Lipinski definition) is 3. The lowest BCUT2D eigenvalue weighted by molar-refractivity contribution is -0.114. The molecule has 4 aromatic rings. The molecule has 3 aromatic carbocycles. The van der Waals surface area contributed by atoms with E-state index < -0.39 is 0 Å². The Kier molecular flexibility index (Phi) is 6.19. The van der Waals surface area contributed by atoms with Gasteiger partial charge in [0, 0.05) is 30.1 Å². The zero-order valence-electron chi connectivity index (χ0n) is 18.5. The van der Waals surface area contributed by atoms with E-state index in [1.165, 1.54) is 6.92 Å². The van der Waals surface area contributed by atoms with Crippen LogP contribution in [0.5, 0.6) is 0 Å². The summed E-state index contributed by atoms with van der Waals surface area (Å²) in [6, 6.07) is 26.7. The Bertz CT molecular complexity index is 1410. The SMILES string of the molecule is CCn1c(-c2ccccc2)c(C(=O)/C(C#N)=C/c2ccc(NC(C)=O)cc2)c2ccccc21. The van der Waals surface area contributed by atoms with E-state index in [9.17, 15) is 14.9 Å². The van der Waals surface area contributed by atoms with E-state index >= 15 is 0 Å². The van der Waals surface area contributed by atoms with Gasteiger partial charge < -0.3 is 9.88 Å². The summed E-state index contributed by atoms with van der Waals surface area (Å²) in [5, 5.41) is 13.4. The first kappa shape index (κ1) is 21.8. The minimum Gasteiger partial charge on any atom is -0.340 e. The number of rotatable bonds is 6. The predicted octanol–water partition coefficient (Wildman–Crippen LogP) is 6.08. The third kappa shape index (κ3) is 4.32. The number of nitrogens with one attached hydrogen (secondary N) is 1. The van der Waals surface area contributed by atoms with Crippen molar-refractivity contribution in [1.82, 2.24) is 4.57 Å². The number of hydrogen-bond donors (Lipinski definition) is 1. The second-order valence-electron chi connectivity index (χ2n) is 7.65. The number of carbonyl (C=O) groups is 2. The van der Waals surface area contributed by atoms with Crippen molar-refractivity contribution < 1.29 is 9.59 Å². The Morgan fingerprint density at radius 3 is 2.27 bits per heavy atom. The number of fused-ring (bicyclic) bond motifs is 1. The van der Waals surface area contributed by atoms with Crippen molar-refractivity contribution in [2.75, 3.05) is 5.32 Å². The van der Waals surface area contributed by atoms with Crippen LogP contribution < -0.4 is 5.32 Å². The first-order valence-electron chi connectivity index (χ1n) is 10.7. The molecule has 0 radical (unpaired) electrons. The van der Waals surface area contributed by atoms with E-state index in [4.69, 9.17) is 0 Å². The average molecular weight is 434 g/mol. The third-order valence-electron chi connectivity index (χ3n) is 5.47. The molecule has 0 saturated heterocycles. The Balaban J connectivity index is 1.86. The second kappa shape index (κ2) is 9.37. The maximum Gasteiger partial charge on any atom is 0.221 e. The Hall–Kier alpha value is -4.43. The highest BCUT2D eigenvalue weighted by Gasteiger charge is 2.25. The van der Waals surface area contributed by atoms with Gasteiger partial charge in [-0.15, -0.1) is 0 Å². The lowest BCUT2D eigenvalue weighted by Crippen LogP contribution is -2.06. The fourth-order valence-electron chi connectivity index (χ4n) is 4.07. The van der Waals surface area contributed by atoms with Crippen LogP contribution in [0.15, 0.2) is 84.4 Å². The predicted molar refractivity (Wildman–Crippen MR) is 132 cm³/mol. The van der Waals surface area contributed by atoms with Gasteiger partial charge in [0.05, 0.1) is 11.3 Å². The number of nitrogens with zero attached hydrogens (tertiary/aromatic N) is 2. The number of ketones is 1. The Labute approximate surface area is 192 Å². The number of para-hydroxylation sites is 1. The monoisotopic (exact) mass is 433 g/mol. The van der Waals surface area contributed by atoms with E-state index in [2.05, 4.69) is 16.0 Å². The van der Waals surface area contributed by atoms with Gasteiger partial charge in [0.25, 0.3) is 0 Å². The molecule has 1 aromatic heterocycles. The standard InChI is InChI=1S/C28H23N3O2/c1-3-31-25-12-8-7-11-24(25)26(27(31)21-9-5-4-6-10-21)28(33)22(18-29)17-20-13-15-23(16-14-20)30-19(2)32/h4-17H,3H2,1-2H3,(H,30,32)/b22-17+. The maximum absolute atomic E-state index is 13.8. The zero-order valence-corrected chi connectivity index (χ0v) is 18.5. The number of carbonyl (C=O) groups excluding carboxylic acids is 2. The van der Waals surface area contributed by atoms with Crippen LogP contribution in [-0.4, -0.2) is 16.3 Å². The Morgan fingerprint density at radius 2 is 1.64 bits per heavy atom. The number of aryl methyl sites for hydroxylation is 1. The summed E-state index contributed by atoms with van der Waals surface area (Å²) in [5.74, 6) is -0.474. The minimum absolute atomic E-state index is 0.0541. The fourth-order valence-corrected chi connectivity index (χ4v) is 4.07. The first-order chi connectivity index (χ1) is 16.0. The van der Waals surface area contributed by atoms with Crippen LogP contribution in [0.3, 0.4) is 0 Å². The fraction of sp³-hybridized carbons (Fsp3) is 0.107. The maximum atomic E-state index is 13.8. The van der Waals surface area contributed by atoms with Gasteiger partial charge in [0.2, 0.25) is 11.7 Å². The summed E-state index contributed by atoms with van der Waals surface area (Å²) in [7, 11) is 0. The van der Waals surface area contributed by atoms with Crippen molar-refractivity contribution in [3.05, 3.63) is 95.6 Å². The van der Waals surface area contributed by atoms with Gasteiger partial charge in [-0.25, -0.2) is 0 Å². The summed E-state index contributed by atoms with van der Waals surface area (Å²) < 4.78 is 2.12. The van der Waals surface area contributed by atoms with Crippen molar-refractivity contribution in [2.24, 2.45) is 0 Å². The second-order valence-corrected chi connectivity index (χ2v) is 7.65. The summed E-state index contributed by atoms with van der Waals surface area (Å²) in [6.45, 7) is 4.18. The Morgan fingerprint density at radius 1 is 0.970 bits per heavy atom. The number of nitriles is 1. The highest BCUT2D eigenvalue weighted by atomic mass is 16.1. The van der Waals surface area contributed by atoms with Crippen LogP contribution in [0.4, 0.5) is 5.69 Å². The van der Waals surface area contributed by atoms with Crippen molar-refractivity contribution in [2.45, 2.75) is 20.4 Å². The lowest BCUT2D eigenvalue weighted by atomic mass is 9.96. The van der Waals surface area contributed by atoms with Gasteiger partial charge in [-0.3, -0.25) is 9.59 Å². The number of amides is 1. The molecule has 1 amide bonds. The van der Waals surface area contributed by atoms with Crippen LogP contribution in [0.25, 0.3) is 28.2 Å². The molecule has 33 heavy (non-hydrogen) atoms. The molecule has 0 atom stereocenters. The zero-order chi connectivity index (χ0) is 23.4. The normalized spacial score (nSPS) is 11.2. The van der Waals surface area contributed by atoms with Crippen molar-refractivity contribution in [3.8, 4) is 17.3 Å². The first-order valence-corrected chi connectivity index (χ1v) is 10.7. The molecule has 1 N–H and O–H groups in total. The largest absolute Gasteiger partial charge is 0.340 e. The third-order valence-corrected chi connectivity index (χ3v) is 5.47. The van der Waals surface area contributed by atoms with Gasteiger partial charge in [0.1, 0.15) is 11.6 Å². The highest BCUT2D eigenvalue weighted by Crippen LogP contribution is 2.35. The molecular weight excluding hydrogens is 410 g/mol. The van der Waals surface area contributed by atoms with E-state index in [1.54, 1.807) is 30.3 Å². The number of allylic oxidation sites excluding steroid dienone is 1. The molecule has 0 saturated carbocycles. The number of benzene rings is 3. The summed E-state index contributed by atoms with van der Waals surface area (Å²) >= 11 is 0. The molecule has 0 fully saturated rings. The van der Waals surface area contributed by atoms with Gasteiger partial charge in [-0.2, -0.15) is 5.26 Å². The van der Waals surface area contributed by atoms with Crippen LogP contribution in [0.1, 0.15) is 29.8 Å². The molecule has 0 aliphatic rings. The molecule has 0 aliphatic carbocycles. The molecule has 5 nitrogen and oxygen atoms in total. The van der Waals surface area contributed by atoms with Crippen LogP contribution in [0.2, 0.25) is 0 Å². The van der Waals surface area contributed by atoms with Gasteiger partial charge in [0.15, 0.2) is 0 Å². The van der Waals surface area contributed by atoms with Gasteiger partial charge in [-0.1, -0.05) is 60.7 Å². The number of Topliss-reactive ketones (excluding diaryl/α,β-unsaturated/α-hetero) is 1. The molecule has 0 unspecified atom stereocenters. The van der Waals surface area contributed by atoms with Crippen LogP contribution in [-0.2, 0) is 11.3 Å².